The Kier molecular flexibility index (Phi) is 4.79. The molecule has 1 fully saturated rings. The average molecular weight is 293 g/mol. The quantitative estimate of drug-likeness (QED) is 0.836. The Balaban J connectivity index is 2.27. The maximum Gasteiger partial charge on any atom is 0.303 e. The van der Waals surface area contributed by atoms with Crippen molar-refractivity contribution in [2.24, 2.45) is 0 Å². The van der Waals surface area contributed by atoms with Crippen molar-refractivity contribution in [3.05, 3.63) is 35.9 Å². The number of imide groups is 1. The van der Waals surface area contributed by atoms with E-state index in [1.807, 2.05) is 30.3 Å². The molecule has 0 saturated carbocycles. The molecule has 1 unspecified atom stereocenters. The zero-order valence-electron chi connectivity index (χ0n) is 10.8. The van der Waals surface area contributed by atoms with Gasteiger partial charge in [-0.05, 0) is 12.0 Å². The Morgan fingerprint density at radius 2 is 1.80 bits per heavy atom. The van der Waals surface area contributed by atoms with E-state index in [2.05, 4.69) is 0 Å². The summed E-state index contributed by atoms with van der Waals surface area (Å²) < 4.78 is 0. The standard InChI is InChI=1S/C14H15NO4S/c16-12-8-20-9-13(17)15(12)11(6-7-14(18)19)10-4-2-1-3-5-10/h1-5,11H,6-9H2,(H,18,19). The second kappa shape index (κ2) is 6.56. The lowest BCUT2D eigenvalue weighted by Crippen LogP contribution is -2.45. The summed E-state index contributed by atoms with van der Waals surface area (Å²) in [6.07, 6.45) is 0.158. The minimum atomic E-state index is -0.933. The lowest BCUT2D eigenvalue weighted by Gasteiger charge is -2.32. The van der Waals surface area contributed by atoms with Gasteiger partial charge in [0.25, 0.3) is 0 Å². The predicted octanol–water partition coefficient (Wildman–Crippen LogP) is 1.69. The highest BCUT2D eigenvalue weighted by Crippen LogP contribution is 2.29. The van der Waals surface area contributed by atoms with E-state index < -0.39 is 12.0 Å². The van der Waals surface area contributed by atoms with E-state index in [4.69, 9.17) is 5.11 Å². The lowest BCUT2D eigenvalue weighted by molar-refractivity contribution is -0.147. The number of carbonyl (C=O) groups is 3. The summed E-state index contributed by atoms with van der Waals surface area (Å²) in [4.78, 5) is 36.0. The van der Waals surface area contributed by atoms with Gasteiger partial charge in [0.1, 0.15) is 0 Å². The molecule has 1 aromatic carbocycles. The third kappa shape index (κ3) is 3.39. The van der Waals surface area contributed by atoms with Gasteiger partial charge in [-0.2, -0.15) is 0 Å². The van der Waals surface area contributed by atoms with E-state index in [1.54, 1.807) is 0 Å². The molecular weight excluding hydrogens is 278 g/mol. The Morgan fingerprint density at radius 1 is 1.20 bits per heavy atom. The van der Waals surface area contributed by atoms with Crippen molar-refractivity contribution < 1.29 is 19.5 Å². The summed E-state index contributed by atoms with van der Waals surface area (Å²) in [5.74, 6) is -0.891. The van der Waals surface area contributed by atoms with Gasteiger partial charge in [0.2, 0.25) is 11.8 Å². The number of carbonyl (C=O) groups excluding carboxylic acids is 2. The molecule has 1 N–H and O–H groups in total. The Morgan fingerprint density at radius 3 is 2.35 bits per heavy atom. The first-order valence-electron chi connectivity index (χ1n) is 6.29. The van der Waals surface area contributed by atoms with Crippen LogP contribution in [0.4, 0.5) is 0 Å². The van der Waals surface area contributed by atoms with Crippen LogP contribution in [0.1, 0.15) is 24.4 Å². The average Bonchev–Trinajstić information content (AvgIpc) is 2.42. The van der Waals surface area contributed by atoms with Crippen molar-refractivity contribution in [3.8, 4) is 0 Å². The zero-order chi connectivity index (χ0) is 14.5. The number of amides is 2. The Hall–Kier alpha value is -1.82. The van der Waals surface area contributed by atoms with Crippen molar-refractivity contribution in [1.29, 1.82) is 0 Å². The minimum Gasteiger partial charge on any atom is -0.481 e. The van der Waals surface area contributed by atoms with Gasteiger partial charge in [-0.3, -0.25) is 19.3 Å². The summed E-state index contributed by atoms with van der Waals surface area (Å²) >= 11 is 1.29. The topological polar surface area (TPSA) is 74.7 Å². The molecule has 0 spiro atoms. The number of carboxylic acid groups (broad SMARTS) is 1. The van der Waals surface area contributed by atoms with Crippen LogP contribution >= 0.6 is 11.8 Å². The first kappa shape index (κ1) is 14.6. The molecule has 1 heterocycles. The van der Waals surface area contributed by atoms with Gasteiger partial charge in [0, 0.05) is 6.42 Å². The molecule has 2 rings (SSSR count). The molecule has 0 bridgehead atoms. The van der Waals surface area contributed by atoms with Gasteiger partial charge >= 0.3 is 5.97 Å². The SMILES string of the molecule is O=C(O)CCC(c1ccccc1)N1C(=O)CSCC1=O. The number of rotatable bonds is 5. The molecule has 20 heavy (non-hydrogen) atoms. The number of benzene rings is 1. The summed E-state index contributed by atoms with van der Waals surface area (Å²) in [5.41, 5.74) is 0.794. The smallest absolute Gasteiger partial charge is 0.303 e. The van der Waals surface area contributed by atoms with Gasteiger partial charge in [-0.25, -0.2) is 0 Å². The molecule has 0 aromatic heterocycles. The highest BCUT2D eigenvalue weighted by molar-refractivity contribution is 8.00. The highest BCUT2D eigenvalue weighted by atomic mass is 32.2. The van der Waals surface area contributed by atoms with E-state index in [0.29, 0.717) is 0 Å². The number of hydrogen-bond acceptors (Lipinski definition) is 4. The fourth-order valence-electron chi connectivity index (χ4n) is 2.23. The van der Waals surface area contributed by atoms with Crippen LogP contribution in [0.2, 0.25) is 0 Å². The normalized spacial score (nSPS) is 17.1. The van der Waals surface area contributed by atoms with Crippen molar-refractivity contribution in [2.75, 3.05) is 11.5 Å². The third-order valence-corrected chi connectivity index (χ3v) is 4.02. The van der Waals surface area contributed by atoms with Crippen LogP contribution in [0.3, 0.4) is 0 Å². The first-order valence-corrected chi connectivity index (χ1v) is 7.44. The lowest BCUT2D eigenvalue weighted by atomic mass is 10.00. The van der Waals surface area contributed by atoms with Crippen LogP contribution in [-0.4, -0.2) is 39.3 Å². The van der Waals surface area contributed by atoms with Crippen molar-refractivity contribution in [3.63, 3.8) is 0 Å². The fourth-order valence-corrected chi connectivity index (χ4v) is 2.96. The molecule has 0 radical (unpaired) electrons. The summed E-state index contributed by atoms with van der Waals surface area (Å²) in [7, 11) is 0. The van der Waals surface area contributed by atoms with Gasteiger partial charge in [-0.15, -0.1) is 11.8 Å². The van der Waals surface area contributed by atoms with Crippen LogP contribution in [0, 0.1) is 0 Å². The molecule has 1 aromatic rings. The molecule has 1 aliphatic rings. The van der Waals surface area contributed by atoms with Crippen LogP contribution in [0.25, 0.3) is 0 Å². The van der Waals surface area contributed by atoms with Crippen LogP contribution in [0.5, 0.6) is 0 Å². The Bertz CT molecular complexity index is 501. The summed E-state index contributed by atoms with van der Waals surface area (Å²) in [5, 5.41) is 8.85. The van der Waals surface area contributed by atoms with Gasteiger partial charge in [0.15, 0.2) is 0 Å². The third-order valence-electron chi connectivity index (χ3n) is 3.12. The minimum absolute atomic E-state index is 0.0796. The van der Waals surface area contributed by atoms with E-state index in [-0.39, 0.29) is 36.2 Å². The Labute approximate surface area is 121 Å². The largest absolute Gasteiger partial charge is 0.481 e. The van der Waals surface area contributed by atoms with Gasteiger partial charge in [-0.1, -0.05) is 30.3 Å². The molecule has 6 heteroatoms. The maximum atomic E-state index is 12.0. The number of nitrogens with zero attached hydrogens (tertiary/aromatic N) is 1. The van der Waals surface area contributed by atoms with Crippen molar-refractivity contribution in [2.45, 2.75) is 18.9 Å². The van der Waals surface area contributed by atoms with E-state index in [9.17, 15) is 14.4 Å². The van der Waals surface area contributed by atoms with Gasteiger partial charge in [0.05, 0.1) is 17.5 Å². The number of carboxylic acids is 1. The second-order valence-corrected chi connectivity index (χ2v) is 5.49. The molecule has 0 aliphatic carbocycles. The highest BCUT2D eigenvalue weighted by Gasteiger charge is 2.33. The summed E-state index contributed by atoms with van der Waals surface area (Å²) in [6, 6.07) is 8.61. The van der Waals surface area contributed by atoms with E-state index in [0.717, 1.165) is 5.56 Å². The monoisotopic (exact) mass is 293 g/mol. The van der Waals surface area contributed by atoms with Crippen LogP contribution in [0.15, 0.2) is 30.3 Å². The number of hydrogen-bond donors (Lipinski definition) is 1. The van der Waals surface area contributed by atoms with E-state index >= 15 is 0 Å². The summed E-state index contributed by atoms with van der Waals surface area (Å²) in [6.45, 7) is 0. The molecule has 1 aliphatic heterocycles. The molecule has 5 nitrogen and oxygen atoms in total. The van der Waals surface area contributed by atoms with Crippen molar-refractivity contribution in [1.82, 2.24) is 4.90 Å². The molecule has 106 valence electrons. The first-order chi connectivity index (χ1) is 9.59. The molecular formula is C14H15NO4S. The molecule has 2 amide bonds. The predicted molar refractivity (Wildman–Crippen MR) is 75.2 cm³/mol. The second-order valence-electron chi connectivity index (χ2n) is 4.51. The van der Waals surface area contributed by atoms with Crippen LogP contribution in [-0.2, 0) is 14.4 Å². The van der Waals surface area contributed by atoms with Crippen molar-refractivity contribution >= 4 is 29.5 Å². The molecule has 1 atom stereocenters. The zero-order valence-corrected chi connectivity index (χ0v) is 11.6. The number of aliphatic carboxylic acids is 1. The molecule has 1 saturated heterocycles. The number of thioether (sulfide) groups is 1. The maximum absolute atomic E-state index is 12.0. The fraction of sp³-hybridized carbons (Fsp3) is 0.357. The van der Waals surface area contributed by atoms with Gasteiger partial charge < -0.3 is 5.11 Å². The van der Waals surface area contributed by atoms with E-state index in [1.165, 1.54) is 16.7 Å². The van der Waals surface area contributed by atoms with Crippen LogP contribution < -0.4 is 0 Å².